The van der Waals surface area contributed by atoms with Crippen LogP contribution in [0.1, 0.15) is 33.0 Å². The highest BCUT2D eigenvalue weighted by molar-refractivity contribution is 9.10. The Morgan fingerprint density at radius 2 is 1.83 bits per heavy atom. The van der Waals surface area contributed by atoms with Crippen LogP contribution in [0.5, 0.6) is 11.5 Å². The molecule has 1 heterocycles. The molecule has 0 radical (unpaired) electrons. The summed E-state index contributed by atoms with van der Waals surface area (Å²) in [6, 6.07) is 19.7. The second kappa shape index (κ2) is 11.2. The number of methoxy groups -OCH3 is 1. The number of esters is 1. The van der Waals surface area contributed by atoms with Crippen LogP contribution in [-0.2, 0) is 9.59 Å². The lowest BCUT2D eigenvalue weighted by atomic mass is 9.88. The number of amides is 2. The van der Waals surface area contributed by atoms with Crippen LogP contribution in [0, 0.1) is 12.8 Å². The fourth-order valence-electron chi connectivity index (χ4n) is 3.93. The molecule has 3 aromatic carbocycles. The summed E-state index contributed by atoms with van der Waals surface area (Å²) in [7, 11) is 1.45. The van der Waals surface area contributed by atoms with Crippen LogP contribution in [-0.4, -0.2) is 37.7 Å². The van der Waals surface area contributed by atoms with Gasteiger partial charge in [0.15, 0.2) is 11.5 Å². The molecule has 2 N–H and O–H groups in total. The van der Waals surface area contributed by atoms with E-state index in [9.17, 15) is 14.4 Å². The van der Waals surface area contributed by atoms with Gasteiger partial charge in [0, 0.05) is 12.5 Å². The summed E-state index contributed by atoms with van der Waals surface area (Å²) in [5, 5.41) is 6.77. The largest absolute Gasteiger partial charge is 0.493 e. The molecule has 2 atom stereocenters. The van der Waals surface area contributed by atoms with Gasteiger partial charge in [0.05, 0.1) is 23.4 Å². The number of hydrogen-bond donors (Lipinski definition) is 2. The molecule has 9 heteroatoms. The minimum Gasteiger partial charge on any atom is -0.493 e. The standard InChI is InChI=1S/C27H24BrN3O5/c1-16-8-10-19(11-9-16)27(34)36-24-21(28)12-17(13-22(24)35-2)14-30-31-26(33)23-20(15-29-25(23)32)18-6-4-3-5-7-18/h3-14,20,23H,15H2,1-2H3,(H,29,32)(H,31,33)/t20-,23-/m1/s1. The second-order valence-corrected chi connectivity index (χ2v) is 9.12. The zero-order chi connectivity index (χ0) is 25.7. The second-order valence-electron chi connectivity index (χ2n) is 8.26. The van der Waals surface area contributed by atoms with E-state index in [0.29, 0.717) is 27.9 Å². The van der Waals surface area contributed by atoms with Crippen LogP contribution in [0.4, 0.5) is 0 Å². The molecule has 8 nitrogen and oxygen atoms in total. The Morgan fingerprint density at radius 3 is 2.53 bits per heavy atom. The fourth-order valence-corrected chi connectivity index (χ4v) is 4.47. The highest BCUT2D eigenvalue weighted by Crippen LogP contribution is 2.37. The van der Waals surface area contributed by atoms with Crippen LogP contribution < -0.4 is 20.2 Å². The molecule has 1 saturated heterocycles. The predicted molar refractivity (Wildman–Crippen MR) is 138 cm³/mol. The maximum absolute atomic E-state index is 12.8. The topological polar surface area (TPSA) is 106 Å². The van der Waals surface area contributed by atoms with Gasteiger partial charge >= 0.3 is 5.97 Å². The van der Waals surface area contributed by atoms with E-state index >= 15 is 0 Å². The maximum Gasteiger partial charge on any atom is 0.343 e. The van der Waals surface area contributed by atoms with Crippen molar-refractivity contribution in [1.29, 1.82) is 0 Å². The van der Waals surface area contributed by atoms with Crippen LogP contribution in [0.2, 0.25) is 0 Å². The monoisotopic (exact) mass is 549 g/mol. The van der Waals surface area contributed by atoms with Crippen LogP contribution in [0.15, 0.2) is 76.3 Å². The summed E-state index contributed by atoms with van der Waals surface area (Å²) in [6.45, 7) is 2.32. The Morgan fingerprint density at radius 1 is 1.11 bits per heavy atom. The van der Waals surface area contributed by atoms with Gasteiger partial charge in [-0.15, -0.1) is 0 Å². The lowest BCUT2D eigenvalue weighted by Gasteiger charge is -2.15. The number of halogens is 1. The van der Waals surface area contributed by atoms with Crippen molar-refractivity contribution < 1.29 is 23.9 Å². The first-order valence-electron chi connectivity index (χ1n) is 11.2. The molecule has 1 aliphatic rings. The van der Waals surface area contributed by atoms with Crippen LogP contribution in [0.25, 0.3) is 0 Å². The average Bonchev–Trinajstić information content (AvgIpc) is 3.27. The molecule has 1 fully saturated rings. The quantitative estimate of drug-likeness (QED) is 0.152. The van der Waals surface area contributed by atoms with Crippen molar-refractivity contribution in [3.05, 3.63) is 93.5 Å². The van der Waals surface area contributed by atoms with Crippen molar-refractivity contribution in [1.82, 2.24) is 10.7 Å². The van der Waals surface area contributed by atoms with Crippen molar-refractivity contribution in [2.45, 2.75) is 12.8 Å². The molecule has 0 bridgehead atoms. The highest BCUT2D eigenvalue weighted by atomic mass is 79.9. The number of nitrogens with zero attached hydrogens (tertiary/aromatic N) is 1. The Kier molecular flexibility index (Phi) is 7.80. The summed E-state index contributed by atoms with van der Waals surface area (Å²) < 4.78 is 11.4. The number of nitrogens with one attached hydrogen (secondary N) is 2. The zero-order valence-electron chi connectivity index (χ0n) is 19.7. The molecule has 0 spiro atoms. The third-order valence-corrected chi connectivity index (χ3v) is 6.40. The van der Waals surface area contributed by atoms with Crippen LogP contribution >= 0.6 is 15.9 Å². The molecular weight excluding hydrogens is 526 g/mol. The minimum atomic E-state index is -0.880. The van der Waals surface area contributed by atoms with Gasteiger partial charge in [-0.2, -0.15) is 5.10 Å². The molecule has 0 saturated carbocycles. The summed E-state index contributed by atoms with van der Waals surface area (Å²) >= 11 is 3.41. The molecule has 4 rings (SSSR count). The first-order valence-corrected chi connectivity index (χ1v) is 12.0. The summed E-state index contributed by atoms with van der Waals surface area (Å²) in [6.07, 6.45) is 1.42. The Balaban J connectivity index is 1.46. The van der Waals surface area contributed by atoms with E-state index in [2.05, 4.69) is 31.8 Å². The van der Waals surface area contributed by atoms with Crippen molar-refractivity contribution in [3.63, 3.8) is 0 Å². The van der Waals surface area contributed by atoms with Gasteiger partial charge < -0.3 is 14.8 Å². The normalized spacial score (nSPS) is 17.0. The van der Waals surface area contributed by atoms with E-state index in [1.165, 1.54) is 13.3 Å². The molecule has 0 unspecified atom stereocenters. The first-order chi connectivity index (χ1) is 17.4. The summed E-state index contributed by atoms with van der Waals surface area (Å²) in [4.78, 5) is 37.6. The molecule has 0 aliphatic carbocycles. The van der Waals surface area contributed by atoms with Gasteiger partial charge in [0.2, 0.25) is 5.91 Å². The zero-order valence-corrected chi connectivity index (χ0v) is 21.2. The van der Waals surface area contributed by atoms with E-state index in [1.54, 1.807) is 24.3 Å². The average molecular weight is 550 g/mol. The Hall–Kier alpha value is -3.98. The van der Waals surface area contributed by atoms with E-state index in [1.807, 2.05) is 49.4 Å². The Labute approximate surface area is 216 Å². The number of aryl methyl sites for hydroxylation is 1. The van der Waals surface area contributed by atoms with Crippen molar-refractivity contribution >= 4 is 39.9 Å². The van der Waals surface area contributed by atoms with Gasteiger partial charge in [0.1, 0.15) is 5.92 Å². The molecular formula is C27H24BrN3O5. The van der Waals surface area contributed by atoms with Gasteiger partial charge in [-0.1, -0.05) is 48.0 Å². The number of ether oxygens (including phenoxy) is 2. The predicted octanol–water partition coefficient (Wildman–Crippen LogP) is 3.97. The maximum atomic E-state index is 12.8. The number of hydrazone groups is 1. The van der Waals surface area contributed by atoms with Gasteiger partial charge in [0.25, 0.3) is 5.91 Å². The molecule has 0 aromatic heterocycles. The number of carbonyl (C=O) groups is 3. The third kappa shape index (κ3) is 5.63. The summed E-state index contributed by atoms with van der Waals surface area (Å²) in [5.74, 6) is -1.98. The van der Waals surface area contributed by atoms with Gasteiger partial charge in [-0.05, 0) is 58.2 Å². The lowest BCUT2D eigenvalue weighted by molar-refractivity contribution is -0.133. The van der Waals surface area contributed by atoms with Crippen molar-refractivity contribution in [2.24, 2.45) is 11.0 Å². The van der Waals surface area contributed by atoms with Gasteiger partial charge in [-0.25, -0.2) is 10.2 Å². The van der Waals surface area contributed by atoms with Crippen molar-refractivity contribution in [2.75, 3.05) is 13.7 Å². The Bertz CT molecular complexity index is 1310. The molecule has 3 aromatic rings. The molecule has 184 valence electrons. The lowest BCUT2D eigenvalue weighted by Crippen LogP contribution is -2.34. The highest BCUT2D eigenvalue weighted by Gasteiger charge is 2.40. The summed E-state index contributed by atoms with van der Waals surface area (Å²) in [5.41, 5.74) is 5.38. The van der Waals surface area contributed by atoms with Crippen LogP contribution in [0.3, 0.4) is 0 Å². The number of rotatable bonds is 7. The van der Waals surface area contributed by atoms with Crippen molar-refractivity contribution in [3.8, 4) is 11.5 Å². The van der Waals surface area contributed by atoms with E-state index < -0.39 is 17.8 Å². The van der Waals surface area contributed by atoms with E-state index in [-0.39, 0.29) is 17.6 Å². The molecule has 2 amide bonds. The number of hydrogen-bond acceptors (Lipinski definition) is 6. The SMILES string of the molecule is COc1cc(C=NNC(=O)[C@H]2C(=O)NC[C@@H]2c2ccccc2)cc(Br)c1OC(=O)c1ccc(C)cc1. The molecule has 1 aliphatic heterocycles. The molecule has 36 heavy (non-hydrogen) atoms. The van der Waals surface area contributed by atoms with Gasteiger partial charge in [-0.3, -0.25) is 9.59 Å². The number of benzene rings is 3. The fraction of sp³-hybridized carbons (Fsp3) is 0.185. The third-order valence-electron chi connectivity index (χ3n) is 5.81. The number of carbonyl (C=O) groups excluding carboxylic acids is 3. The van der Waals surface area contributed by atoms with E-state index in [0.717, 1.165) is 11.1 Å². The smallest absolute Gasteiger partial charge is 0.343 e. The van der Waals surface area contributed by atoms with E-state index in [4.69, 9.17) is 9.47 Å². The first kappa shape index (κ1) is 25.1. The minimum absolute atomic E-state index is 0.220.